The van der Waals surface area contributed by atoms with Gasteiger partial charge in [0, 0.05) is 6.42 Å². The van der Waals surface area contributed by atoms with Crippen molar-refractivity contribution < 1.29 is 49.3 Å². The fourth-order valence-electron chi connectivity index (χ4n) is 8.66. The lowest BCUT2D eigenvalue weighted by atomic mass is 9.99. The average molecular weight is 1030 g/mol. The molecule has 0 radical (unpaired) electrons. The van der Waals surface area contributed by atoms with Crippen molar-refractivity contribution >= 4 is 11.9 Å². The van der Waals surface area contributed by atoms with E-state index in [2.05, 4.69) is 92.9 Å². The number of nitrogens with one attached hydrogen (secondary N) is 1. The van der Waals surface area contributed by atoms with Gasteiger partial charge in [-0.25, -0.2) is 0 Å². The Hall–Kier alpha value is -3.16. The van der Waals surface area contributed by atoms with Crippen molar-refractivity contribution in [1.82, 2.24) is 5.32 Å². The maximum absolute atomic E-state index is 13.4. The summed E-state index contributed by atoms with van der Waals surface area (Å²) in [6.45, 7) is 5.59. The van der Waals surface area contributed by atoms with Crippen LogP contribution in [0.2, 0.25) is 0 Å². The lowest BCUT2D eigenvalue weighted by Gasteiger charge is -2.41. The molecule has 1 heterocycles. The molecule has 1 aliphatic rings. The van der Waals surface area contributed by atoms with Crippen molar-refractivity contribution in [2.75, 3.05) is 13.2 Å². The maximum atomic E-state index is 13.4. The highest BCUT2D eigenvalue weighted by Crippen LogP contribution is 2.26. The first-order valence-corrected chi connectivity index (χ1v) is 29.4. The highest BCUT2D eigenvalue weighted by molar-refractivity contribution is 5.80. The minimum Gasteiger partial charge on any atom is -0.454 e. The number of amides is 1. The molecule has 1 rings (SSSR count). The molecular formula is C62H107NO10. The first-order valence-electron chi connectivity index (χ1n) is 29.4. The second kappa shape index (κ2) is 49.7. The molecule has 0 aromatic rings. The highest BCUT2D eigenvalue weighted by atomic mass is 16.7. The number of carbonyl (C=O) groups is 2. The maximum Gasteiger partial charge on any atom is 0.306 e. The number of unbranched alkanes of at least 4 members (excludes halogenated alkanes) is 24. The zero-order chi connectivity index (χ0) is 53.3. The van der Waals surface area contributed by atoms with E-state index in [4.69, 9.17) is 14.2 Å². The van der Waals surface area contributed by atoms with E-state index in [0.29, 0.717) is 12.8 Å². The third-order valence-corrected chi connectivity index (χ3v) is 13.3. The Labute approximate surface area is 444 Å². The van der Waals surface area contributed by atoms with E-state index < -0.39 is 67.4 Å². The molecule has 8 atom stereocenters. The summed E-state index contributed by atoms with van der Waals surface area (Å²) in [7, 11) is 0. The molecule has 0 aromatic carbocycles. The van der Waals surface area contributed by atoms with Crippen LogP contribution in [0.3, 0.4) is 0 Å². The van der Waals surface area contributed by atoms with Crippen LogP contribution in [-0.4, -0.2) is 99.6 Å². The van der Waals surface area contributed by atoms with Gasteiger partial charge < -0.3 is 45.1 Å². The zero-order valence-corrected chi connectivity index (χ0v) is 46.2. The number of ether oxygens (including phenoxy) is 3. The molecule has 420 valence electrons. The van der Waals surface area contributed by atoms with Crippen molar-refractivity contribution in [2.45, 2.75) is 282 Å². The van der Waals surface area contributed by atoms with Gasteiger partial charge in [-0.15, -0.1) is 0 Å². The minimum absolute atomic E-state index is 0.105. The minimum atomic E-state index is -1.62. The van der Waals surface area contributed by atoms with Gasteiger partial charge in [0.1, 0.15) is 24.4 Å². The highest BCUT2D eigenvalue weighted by Gasteiger charge is 2.47. The Morgan fingerprint density at radius 3 is 1.62 bits per heavy atom. The van der Waals surface area contributed by atoms with Crippen molar-refractivity contribution in [1.29, 1.82) is 0 Å². The van der Waals surface area contributed by atoms with Crippen LogP contribution in [0.25, 0.3) is 0 Å². The number of carbonyl (C=O) groups excluding carboxylic acids is 2. The SMILES string of the molecule is CC/C=C/C=C/C=C/CCCCCCCCCC(=O)OC1C(OCC(NC(=O)C(O)CCCCCCC/C=C\C/C=C\C/C=C\CCCCC)C(O)/C=C/CCCCCCCCCCC)OC(CO)C(O)C1O. The summed E-state index contributed by atoms with van der Waals surface area (Å²) in [6, 6.07) is -1.04. The van der Waals surface area contributed by atoms with Crippen LogP contribution < -0.4 is 5.32 Å². The smallest absolute Gasteiger partial charge is 0.306 e. The number of hydrogen-bond acceptors (Lipinski definition) is 10. The van der Waals surface area contributed by atoms with E-state index in [9.17, 15) is 35.1 Å². The second-order valence-electron chi connectivity index (χ2n) is 20.1. The van der Waals surface area contributed by atoms with Gasteiger partial charge in [0.15, 0.2) is 12.4 Å². The van der Waals surface area contributed by atoms with Crippen molar-refractivity contribution in [2.24, 2.45) is 0 Å². The van der Waals surface area contributed by atoms with Gasteiger partial charge in [-0.1, -0.05) is 228 Å². The van der Waals surface area contributed by atoms with Gasteiger partial charge in [0.05, 0.1) is 25.4 Å². The average Bonchev–Trinajstić information content (AvgIpc) is 3.39. The van der Waals surface area contributed by atoms with Gasteiger partial charge in [-0.05, 0) is 83.5 Å². The molecule has 6 N–H and O–H groups in total. The molecule has 0 spiro atoms. The molecule has 11 heteroatoms. The predicted octanol–water partition coefficient (Wildman–Crippen LogP) is 13.4. The molecule has 1 amide bonds. The van der Waals surface area contributed by atoms with Crippen molar-refractivity contribution in [3.8, 4) is 0 Å². The second-order valence-corrected chi connectivity index (χ2v) is 20.1. The quantitative estimate of drug-likeness (QED) is 0.0149. The van der Waals surface area contributed by atoms with Crippen LogP contribution in [0.4, 0.5) is 0 Å². The van der Waals surface area contributed by atoms with Crippen LogP contribution in [-0.2, 0) is 23.8 Å². The Bertz CT molecular complexity index is 1510. The van der Waals surface area contributed by atoms with Crippen molar-refractivity contribution in [3.05, 3.63) is 85.1 Å². The topological polar surface area (TPSA) is 175 Å². The van der Waals surface area contributed by atoms with E-state index in [1.807, 2.05) is 12.2 Å². The number of rotatable bonds is 48. The lowest BCUT2D eigenvalue weighted by molar-refractivity contribution is -0.305. The summed E-state index contributed by atoms with van der Waals surface area (Å²) in [5.41, 5.74) is 0. The molecule has 1 fully saturated rings. The molecule has 8 unspecified atom stereocenters. The van der Waals surface area contributed by atoms with E-state index in [-0.39, 0.29) is 19.4 Å². The Morgan fingerprint density at radius 1 is 0.562 bits per heavy atom. The monoisotopic (exact) mass is 1030 g/mol. The molecule has 0 aromatic heterocycles. The third kappa shape index (κ3) is 38.1. The van der Waals surface area contributed by atoms with Gasteiger partial charge in [-0.3, -0.25) is 9.59 Å². The largest absolute Gasteiger partial charge is 0.454 e. The number of esters is 1. The fourth-order valence-corrected chi connectivity index (χ4v) is 8.66. The Kier molecular flexibility index (Phi) is 46.2. The summed E-state index contributed by atoms with van der Waals surface area (Å²) in [4.78, 5) is 26.5. The summed E-state index contributed by atoms with van der Waals surface area (Å²) < 4.78 is 17.6. The lowest BCUT2D eigenvalue weighted by Crippen LogP contribution is -2.61. The molecule has 11 nitrogen and oxygen atoms in total. The Morgan fingerprint density at radius 2 is 1.04 bits per heavy atom. The summed E-state index contributed by atoms with van der Waals surface area (Å²) in [5, 5.41) is 56.8. The van der Waals surface area contributed by atoms with Crippen molar-refractivity contribution in [3.63, 3.8) is 0 Å². The molecule has 1 aliphatic heterocycles. The van der Waals surface area contributed by atoms with Gasteiger partial charge in [0.2, 0.25) is 5.91 Å². The first kappa shape index (κ1) is 67.9. The molecule has 73 heavy (non-hydrogen) atoms. The van der Waals surface area contributed by atoms with E-state index >= 15 is 0 Å². The summed E-state index contributed by atoms with van der Waals surface area (Å²) in [6.07, 6.45) is 53.3. The Balaban J connectivity index is 2.72. The molecular weight excluding hydrogens is 919 g/mol. The number of allylic oxidation sites excluding steroid dienone is 13. The number of hydrogen-bond donors (Lipinski definition) is 6. The van der Waals surface area contributed by atoms with E-state index in [1.165, 1.54) is 64.2 Å². The third-order valence-electron chi connectivity index (χ3n) is 13.3. The van der Waals surface area contributed by atoms with Crippen LogP contribution in [0.15, 0.2) is 85.1 Å². The standard InChI is InChI=1S/C62H107NO10/c1-4-7-10-13-16-19-22-24-26-27-28-30-31-34-37-40-43-46-49-55(66)61(70)63-53(54(65)48-45-42-39-36-33-21-18-15-12-9-6-3)52-71-62-60(59(69)58(68)56(51-64)72-62)73-57(67)50-47-44-41-38-35-32-29-25-23-20-17-14-11-8-5-2/h8,11,14,16-17,19-20,23-24,26,28,30,45,48,53-56,58-60,62,64-66,68-69H,4-7,9-10,12-13,15,18,21-22,25,27,29,31-44,46-47,49-52H2,1-3H3,(H,63,70)/b11-8+,17-14+,19-16-,23-20+,26-24-,30-28-,48-45+. The fraction of sp³-hybridized carbons (Fsp3) is 0.742. The predicted molar refractivity (Wildman–Crippen MR) is 301 cm³/mol. The normalized spacial score (nSPS) is 20.0. The number of aliphatic hydroxyl groups excluding tert-OH is 5. The molecule has 0 aliphatic carbocycles. The van der Waals surface area contributed by atoms with E-state index in [1.54, 1.807) is 6.08 Å². The van der Waals surface area contributed by atoms with Gasteiger partial charge >= 0.3 is 5.97 Å². The summed E-state index contributed by atoms with van der Waals surface area (Å²) in [5.74, 6) is -1.23. The van der Waals surface area contributed by atoms with Gasteiger partial charge in [0.25, 0.3) is 0 Å². The van der Waals surface area contributed by atoms with Crippen LogP contribution in [0.5, 0.6) is 0 Å². The number of aliphatic hydroxyl groups is 5. The summed E-state index contributed by atoms with van der Waals surface area (Å²) >= 11 is 0. The molecule has 0 saturated carbocycles. The molecule has 0 bridgehead atoms. The van der Waals surface area contributed by atoms with Crippen LogP contribution in [0, 0.1) is 0 Å². The van der Waals surface area contributed by atoms with Crippen LogP contribution in [0.1, 0.15) is 233 Å². The molecule has 1 saturated heterocycles. The van der Waals surface area contributed by atoms with E-state index in [0.717, 1.165) is 122 Å². The zero-order valence-electron chi connectivity index (χ0n) is 46.2. The van der Waals surface area contributed by atoms with Crippen LogP contribution >= 0.6 is 0 Å². The first-order chi connectivity index (χ1) is 35.7. The van der Waals surface area contributed by atoms with Gasteiger partial charge in [-0.2, -0.15) is 0 Å².